The van der Waals surface area contributed by atoms with E-state index in [-0.39, 0.29) is 5.97 Å². The van der Waals surface area contributed by atoms with E-state index >= 15 is 0 Å². The molecule has 0 atom stereocenters. The number of hydrogen-bond donors (Lipinski definition) is 1. The van der Waals surface area contributed by atoms with Crippen molar-refractivity contribution in [2.75, 3.05) is 13.2 Å². The second kappa shape index (κ2) is 6.19. The van der Waals surface area contributed by atoms with Crippen molar-refractivity contribution in [3.05, 3.63) is 35.4 Å². The summed E-state index contributed by atoms with van der Waals surface area (Å²) in [7, 11) is 0. The minimum Gasteiger partial charge on any atom is -0.462 e. The van der Waals surface area contributed by atoms with Crippen molar-refractivity contribution in [2.24, 2.45) is 0 Å². The summed E-state index contributed by atoms with van der Waals surface area (Å²) >= 11 is 0. The van der Waals surface area contributed by atoms with Crippen LogP contribution in [0.4, 0.5) is 0 Å². The highest BCUT2D eigenvalue weighted by molar-refractivity contribution is 5.89. The lowest BCUT2D eigenvalue weighted by molar-refractivity contribution is 0.0526. The molecular formula is C12H17NO2. The summed E-state index contributed by atoms with van der Waals surface area (Å²) in [5.74, 6) is -0.257. The maximum atomic E-state index is 11.3. The number of benzene rings is 1. The lowest BCUT2D eigenvalue weighted by Crippen LogP contribution is -2.12. The fraction of sp³-hybridized carbons (Fsp3) is 0.417. The Balaban J connectivity index is 2.59. The molecule has 0 saturated carbocycles. The third-order valence-corrected chi connectivity index (χ3v) is 2.04. The molecule has 0 spiro atoms. The molecule has 0 radical (unpaired) electrons. The third kappa shape index (κ3) is 3.72. The molecule has 1 N–H and O–H groups in total. The summed E-state index contributed by atoms with van der Waals surface area (Å²) in [5.41, 5.74) is 1.78. The van der Waals surface area contributed by atoms with E-state index in [1.807, 2.05) is 12.1 Å². The molecule has 0 aliphatic carbocycles. The number of carbonyl (C=O) groups excluding carboxylic acids is 1. The smallest absolute Gasteiger partial charge is 0.338 e. The van der Waals surface area contributed by atoms with Crippen molar-refractivity contribution >= 4 is 5.97 Å². The minimum atomic E-state index is -0.257. The Morgan fingerprint density at radius 2 is 1.93 bits per heavy atom. The third-order valence-electron chi connectivity index (χ3n) is 2.04. The standard InChI is InChI=1S/C12H17NO2/c1-3-13-9-10-5-7-11(8-6-10)12(14)15-4-2/h5-8,13H,3-4,9H2,1-2H3. The summed E-state index contributed by atoms with van der Waals surface area (Å²) in [6.45, 7) is 6.06. The second-order valence-electron chi connectivity index (χ2n) is 3.20. The van der Waals surface area contributed by atoms with Gasteiger partial charge in [-0.1, -0.05) is 19.1 Å². The summed E-state index contributed by atoms with van der Waals surface area (Å²) in [4.78, 5) is 11.3. The van der Waals surface area contributed by atoms with E-state index in [1.165, 1.54) is 5.56 Å². The normalized spacial score (nSPS) is 10.0. The number of ether oxygens (including phenoxy) is 1. The van der Waals surface area contributed by atoms with Crippen LogP contribution in [0.15, 0.2) is 24.3 Å². The first-order valence-corrected chi connectivity index (χ1v) is 5.24. The van der Waals surface area contributed by atoms with Crippen molar-refractivity contribution in [1.29, 1.82) is 0 Å². The maximum Gasteiger partial charge on any atom is 0.338 e. The quantitative estimate of drug-likeness (QED) is 0.750. The largest absolute Gasteiger partial charge is 0.462 e. The molecule has 0 aliphatic heterocycles. The van der Waals surface area contributed by atoms with Crippen LogP contribution in [-0.2, 0) is 11.3 Å². The van der Waals surface area contributed by atoms with E-state index in [2.05, 4.69) is 12.2 Å². The highest BCUT2D eigenvalue weighted by Gasteiger charge is 2.04. The maximum absolute atomic E-state index is 11.3. The molecule has 0 fully saturated rings. The lowest BCUT2D eigenvalue weighted by atomic mass is 10.1. The first-order valence-electron chi connectivity index (χ1n) is 5.24. The van der Waals surface area contributed by atoms with Crippen molar-refractivity contribution in [3.8, 4) is 0 Å². The summed E-state index contributed by atoms with van der Waals surface area (Å²) in [6, 6.07) is 7.47. The molecule has 82 valence electrons. The molecule has 0 amide bonds. The van der Waals surface area contributed by atoms with Crippen molar-refractivity contribution in [3.63, 3.8) is 0 Å². The fourth-order valence-electron chi connectivity index (χ4n) is 1.24. The number of hydrogen-bond acceptors (Lipinski definition) is 3. The zero-order valence-corrected chi connectivity index (χ0v) is 9.25. The van der Waals surface area contributed by atoms with Crippen LogP contribution in [0.3, 0.4) is 0 Å². The Morgan fingerprint density at radius 3 is 2.47 bits per heavy atom. The zero-order chi connectivity index (χ0) is 11.1. The highest BCUT2D eigenvalue weighted by atomic mass is 16.5. The van der Waals surface area contributed by atoms with Gasteiger partial charge in [0.25, 0.3) is 0 Å². The van der Waals surface area contributed by atoms with Crippen LogP contribution in [0.5, 0.6) is 0 Å². The first-order chi connectivity index (χ1) is 7.27. The molecule has 3 heteroatoms. The Kier molecular flexibility index (Phi) is 4.84. The molecule has 15 heavy (non-hydrogen) atoms. The number of rotatable bonds is 5. The summed E-state index contributed by atoms with van der Waals surface area (Å²) in [6.07, 6.45) is 0. The Labute approximate surface area is 90.4 Å². The molecule has 1 aromatic rings. The van der Waals surface area contributed by atoms with E-state index in [1.54, 1.807) is 19.1 Å². The van der Waals surface area contributed by atoms with Crippen LogP contribution >= 0.6 is 0 Å². The fourth-order valence-corrected chi connectivity index (χ4v) is 1.24. The van der Waals surface area contributed by atoms with E-state index in [0.717, 1.165) is 13.1 Å². The topological polar surface area (TPSA) is 38.3 Å². The van der Waals surface area contributed by atoms with Gasteiger partial charge in [-0.2, -0.15) is 0 Å². The van der Waals surface area contributed by atoms with Gasteiger partial charge < -0.3 is 10.1 Å². The van der Waals surface area contributed by atoms with E-state index < -0.39 is 0 Å². The highest BCUT2D eigenvalue weighted by Crippen LogP contribution is 2.05. The average molecular weight is 207 g/mol. The van der Waals surface area contributed by atoms with Crippen LogP contribution in [-0.4, -0.2) is 19.1 Å². The Hall–Kier alpha value is -1.35. The molecule has 0 unspecified atom stereocenters. The monoisotopic (exact) mass is 207 g/mol. The van der Waals surface area contributed by atoms with Crippen LogP contribution in [0.25, 0.3) is 0 Å². The molecule has 0 aromatic heterocycles. The van der Waals surface area contributed by atoms with Crippen LogP contribution < -0.4 is 5.32 Å². The van der Waals surface area contributed by atoms with Crippen molar-refractivity contribution < 1.29 is 9.53 Å². The second-order valence-corrected chi connectivity index (χ2v) is 3.20. The van der Waals surface area contributed by atoms with Crippen LogP contribution in [0, 0.1) is 0 Å². The summed E-state index contributed by atoms with van der Waals surface area (Å²) in [5, 5.41) is 3.22. The van der Waals surface area contributed by atoms with Gasteiger partial charge in [0.2, 0.25) is 0 Å². The molecular weight excluding hydrogens is 190 g/mol. The van der Waals surface area contributed by atoms with Gasteiger partial charge in [-0.3, -0.25) is 0 Å². The number of carbonyl (C=O) groups is 1. The van der Waals surface area contributed by atoms with Gasteiger partial charge >= 0.3 is 5.97 Å². The molecule has 1 rings (SSSR count). The van der Waals surface area contributed by atoms with Gasteiger partial charge in [0.1, 0.15) is 0 Å². The van der Waals surface area contributed by atoms with E-state index in [4.69, 9.17) is 4.74 Å². The van der Waals surface area contributed by atoms with Crippen molar-refractivity contribution in [2.45, 2.75) is 20.4 Å². The number of esters is 1. The van der Waals surface area contributed by atoms with Gasteiger partial charge in [0, 0.05) is 6.54 Å². The molecule has 0 saturated heterocycles. The van der Waals surface area contributed by atoms with E-state index in [0.29, 0.717) is 12.2 Å². The molecule has 0 aliphatic rings. The lowest BCUT2D eigenvalue weighted by Gasteiger charge is -2.04. The minimum absolute atomic E-state index is 0.257. The molecule has 3 nitrogen and oxygen atoms in total. The van der Waals surface area contributed by atoms with Gasteiger partial charge in [0.05, 0.1) is 12.2 Å². The first kappa shape index (κ1) is 11.7. The van der Waals surface area contributed by atoms with E-state index in [9.17, 15) is 4.79 Å². The van der Waals surface area contributed by atoms with Crippen LogP contribution in [0.1, 0.15) is 29.8 Å². The van der Waals surface area contributed by atoms with Crippen molar-refractivity contribution in [1.82, 2.24) is 5.32 Å². The molecule has 0 heterocycles. The van der Waals surface area contributed by atoms with Gasteiger partial charge in [-0.15, -0.1) is 0 Å². The van der Waals surface area contributed by atoms with Gasteiger partial charge in [-0.25, -0.2) is 4.79 Å². The zero-order valence-electron chi connectivity index (χ0n) is 9.25. The van der Waals surface area contributed by atoms with Gasteiger partial charge in [0.15, 0.2) is 0 Å². The Bertz CT molecular complexity index is 306. The summed E-state index contributed by atoms with van der Waals surface area (Å²) < 4.78 is 4.89. The molecule has 0 bridgehead atoms. The van der Waals surface area contributed by atoms with Crippen LogP contribution in [0.2, 0.25) is 0 Å². The SMILES string of the molecule is CCNCc1ccc(C(=O)OCC)cc1. The number of nitrogens with one attached hydrogen (secondary N) is 1. The predicted molar refractivity (Wildman–Crippen MR) is 59.8 cm³/mol. The van der Waals surface area contributed by atoms with Gasteiger partial charge in [-0.05, 0) is 31.2 Å². The molecule has 1 aromatic carbocycles. The Morgan fingerprint density at radius 1 is 1.27 bits per heavy atom. The average Bonchev–Trinajstić information content (AvgIpc) is 2.27. The predicted octanol–water partition coefficient (Wildman–Crippen LogP) is 1.97.